The third kappa shape index (κ3) is 3.06. The van der Waals surface area contributed by atoms with Crippen LogP contribution in [0.1, 0.15) is 12.5 Å². The Balaban J connectivity index is 1.92. The van der Waals surface area contributed by atoms with Gasteiger partial charge in [-0.1, -0.05) is 24.3 Å². The number of hydrogen-bond donors (Lipinski definition) is 1. The summed E-state index contributed by atoms with van der Waals surface area (Å²) in [5.41, 5.74) is 9.01. The van der Waals surface area contributed by atoms with Crippen molar-refractivity contribution in [2.45, 2.75) is 13.3 Å². The number of fused-ring (bicyclic) bond motifs is 1. The second-order valence-electron chi connectivity index (χ2n) is 4.82. The van der Waals surface area contributed by atoms with Gasteiger partial charge in [0.25, 0.3) is 0 Å². The molecule has 1 heterocycles. The van der Waals surface area contributed by atoms with Crippen LogP contribution in [0.3, 0.4) is 0 Å². The fraction of sp³-hybridized carbons (Fsp3) is 0.235. The summed E-state index contributed by atoms with van der Waals surface area (Å²) < 4.78 is 6.69. The number of aromatic nitrogens is 1. The van der Waals surface area contributed by atoms with Crippen molar-refractivity contribution >= 4 is 21.6 Å². The van der Waals surface area contributed by atoms with Gasteiger partial charge in [-0.2, -0.15) is 0 Å². The van der Waals surface area contributed by atoms with E-state index in [1.54, 1.807) is 11.3 Å². The average molecular weight is 298 g/mol. The fourth-order valence-electron chi connectivity index (χ4n) is 2.27. The molecule has 0 saturated heterocycles. The topological polar surface area (TPSA) is 48.1 Å². The minimum absolute atomic E-state index is 0.680. The van der Waals surface area contributed by atoms with Crippen LogP contribution < -0.4 is 10.5 Å². The maximum Gasteiger partial charge on any atom is 0.124 e. The van der Waals surface area contributed by atoms with Crippen molar-refractivity contribution < 1.29 is 4.74 Å². The molecule has 21 heavy (non-hydrogen) atoms. The lowest BCUT2D eigenvalue weighted by atomic mass is 10.1. The van der Waals surface area contributed by atoms with Gasteiger partial charge >= 0.3 is 0 Å². The molecule has 0 aliphatic heterocycles. The molecule has 0 spiro atoms. The van der Waals surface area contributed by atoms with Crippen molar-refractivity contribution in [1.29, 1.82) is 0 Å². The Morgan fingerprint density at radius 1 is 1.14 bits per heavy atom. The molecule has 0 amide bonds. The maximum absolute atomic E-state index is 5.58. The summed E-state index contributed by atoms with van der Waals surface area (Å²) >= 11 is 1.69. The molecule has 0 radical (unpaired) electrons. The van der Waals surface area contributed by atoms with E-state index in [1.807, 2.05) is 19.1 Å². The Morgan fingerprint density at radius 3 is 2.67 bits per heavy atom. The second kappa shape index (κ2) is 6.24. The summed E-state index contributed by atoms with van der Waals surface area (Å²) in [6.07, 6.45) is 0.915. The van der Waals surface area contributed by atoms with E-state index < -0.39 is 0 Å². The summed E-state index contributed by atoms with van der Waals surface area (Å²) in [5.74, 6) is 0.901. The van der Waals surface area contributed by atoms with E-state index in [0.29, 0.717) is 13.2 Å². The zero-order chi connectivity index (χ0) is 14.7. The Hall–Kier alpha value is -1.91. The smallest absolute Gasteiger partial charge is 0.124 e. The van der Waals surface area contributed by atoms with Crippen molar-refractivity contribution in [2.75, 3.05) is 13.2 Å². The summed E-state index contributed by atoms with van der Waals surface area (Å²) in [6, 6.07) is 14.5. The van der Waals surface area contributed by atoms with E-state index in [4.69, 9.17) is 15.5 Å². The van der Waals surface area contributed by atoms with Crippen LogP contribution in [0.15, 0.2) is 42.5 Å². The molecule has 0 aliphatic carbocycles. The number of rotatable bonds is 5. The maximum atomic E-state index is 5.58. The molecule has 108 valence electrons. The third-order valence-electron chi connectivity index (χ3n) is 3.30. The molecule has 1 aromatic heterocycles. The molecule has 3 nitrogen and oxygen atoms in total. The van der Waals surface area contributed by atoms with Crippen molar-refractivity contribution in [3.63, 3.8) is 0 Å². The summed E-state index contributed by atoms with van der Waals surface area (Å²) in [4.78, 5) is 4.70. The van der Waals surface area contributed by atoms with Crippen molar-refractivity contribution in [3.8, 4) is 16.3 Å². The Morgan fingerprint density at radius 2 is 1.95 bits per heavy atom. The number of ether oxygens (including phenoxy) is 1. The lowest BCUT2D eigenvalue weighted by Gasteiger charge is -2.00. The van der Waals surface area contributed by atoms with Crippen molar-refractivity contribution in [2.24, 2.45) is 5.73 Å². The second-order valence-corrected chi connectivity index (χ2v) is 5.85. The van der Waals surface area contributed by atoms with Crippen LogP contribution in [0, 0.1) is 0 Å². The first-order chi connectivity index (χ1) is 10.3. The molecule has 3 rings (SSSR count). The minimum Gasteiger partial charge on any atom is -0.494 e. The van der Waals surface area contributed by atoms with Gasteiger partial charge in [0.15, 0.2) is 0 Å². The van der Waals surface area contributed by atoms with Gasteiger partial charge in [0, 0.05) is 5.56 Å². The molecule has 0 atom stereocenters. The van der Waals surface area contributed by atoms with Crippen LogP contribution in [0.2, 0.25) is 0 Å². The van der Waals surface area contributed by atoms with E-state index in [9.17, 15) is 0 Å². The Kier molecular flexibility index (Phi) is 4.18. The number of benzene rings is 2. The number of nitrogens with zero attached hydrogens (tertiary/aromatic N) is 1. The third-order valence-corrected chi connectivity index (χ3v) is 4.37. The highest BCUT2D eigenvalue weighted by Crippen LogP contribution is 2.32. The molecule has 2 aromatic carbocycles. The van der Waals surface area contributed by atoms with Crippen LogP contribution in [-0.4, -0.2) is 18.1 Å². The van der Waals surface area contributed by atoms with Crippen LogP contribution in [-0.2, 0) is 6.42 Å². The number of thiazole rings is 1. The van der Waals surface area contributed by atoms with E-state index >= 15 is 0 Å². The Bertz CT molecular complexity index is 734. The summed E-state index contributed by atoms with van der Waals surface area (Å²) in [6.45, 7) is 3.35. The average Bonchev–Trinajstić information content (AvgIpc) is 2.92. The SMILES string of the molecule is CCOc1ccc2nc(-c3ccc(CCN)cc3)sc2c1. The molecular formula is C17H18N2OS. The molecule has 0 fully saturated rings. The molecule has 0 bridgehead atoms. The highest BCUT2D eigenvalue weighted by Gasteiger charge is 2.07. The molecule has 4 heteroatoms. The molecule has 0 aliphatic rings. The van der Waals surface area contributed by atoms with Crippen LogP contribution in [0.25, 0.3) is 20.8 Å². The molecule has 0 unspecified atom stereocenters. The van der Waals surface area contributed by atoms with Crippen LogP contribution in [0.4, 0.5) is 0 Å². The number of nitrogens with two attached hydrogens (primary N) is 1. The van der Waals surface area contributed by atoms with Gasteiger partial charge in [-0.25, -0.2) is 4.98 Å². The van der Waals surface area contributed by atoms with E-state index in [0.717, 1.165) is 33.0 Å². The van der Waals surface area contributed by atoms with E-state index in [-0.39, 0.29) is 0 Å². The zero-order valence-electron chi connectivity index (χ0n) is 12.0. The standard InChI is InChI=1S/C17H18N2OS/c1-2-20-14-7-8-15-16(11-14)21-17(19-15)13-5-3-12(4-6-13)9-10-18/h3-8,11H,2,9-10,18H2,1H3. The lowest BCUT2D eigenvalue weighted by Crippen LogP contribution is -2.02. The first-order valence-electron chi connectivity index (χ1n) is 7.13. The molecule has 3 aromatic rings. The van der Waals surface area contributed by atoms with Gasteiger partial charge in [-0.05, 0) is 43.7 Å². The van der Waals surface area contributed by atoms with Crippen LogP contribution in [0.5, 0.6) is 5.75 Å². The van der Waals surface area contributed by atoms with E-state index in [2.05, 4.69) is 30.3 Å². The van der Waals surface area contributed by atoms with Gasteiger partial charge in [0.2, 0.25) is 0 Å². The fourth-order valence-corrected chi connectivity index (χ4v) is 3.27. The summed E-state index contributed by atoms with van der Waals surface area (Å²) in [7, 11) is 0. The van der Waals surface area contributed by atoms with Gasteiger partial charge in [-0.3, -0.25) is 0 Å². The molecular weight excluding hydrogens is 280 g/mol. The molecule has 2 N–H and O–H groups in total. The lowest BCUT2D eigenvalue weighted by molar-refractivity contribution is 0.341. The highest BCUT2D eigenvalue weighted by molar-refractivity contribution is 7.21. The van der Waals surface area contributed by atoms with Gasteiger partial charge in [-0.15, -0.1) is 11.3 Å². The monoisotopic (exact) mass is 298 g/mol. The summed E-state index contributed by atoms with van der Waals surface area (Å²) in [5, 5.41) is 1.04. The van der Waals surface area contributed by atoms with E-state index in [1.165, 1.54) is 5.56 Å². The first kappa shape index (κ1) is 14.0. The normalized spacial score (nSPS) is 11.0. The first-order valence-corrected chi connectivity index (χ1v) is 7.94. The largest absolute Gasteiger partial charge is 0.494 e. The van der Waals surface area contributed by atoms with Gasteiger partial charge < -0.3 is 10.5 Å². The minimum atomic E-state index is 0.680. The van der Waals surface area contributed by atoms with Crippen LogP contribution >= 0.6 is 11.3 Å². The van der Waals surface area contributed by atoms with Gasteiger partial charge in [0.05, 0.1) is 16.8 Å². The van der Waals surface area contributed by atoms with Gasteiger partial charge in [0.1, 0.15) is 10.8 Å². The number of hydrogen-bond acceptors (Lipinski definition) is 4. The van der Waals surface area contributed by atoms with Crippen molar-refractivity contribution in [3.05, 3.63) is 48.0 Å². The zero-order valence-corrected chi connectivity index (χ0v) is 12.8. The highest BCUT2D eigenvalue weighted by atomic mass is 32.1. The van der Waals surface area contributed by atoms with Crippen molar-refractivity contribution in [1.82, 2.24) is 4.98 Å². The predicted molar refractivity (Wildman–Crippen MR) is 89.0 cm³/mol. The quantitative estimate of drug-likeness (QED) is 0.778. The predicted octanol–water partition coefficient (Wildman–Crippen LogP) is 3.86. The Labute approximate surface area is 128 Å². The molecule has 0 saturated carbocycles.